The van der Waals surface area contributed by atoms with Crippen LogP contribution in [0.4, 0.5) is 10.5 Å². The average Bonchev–Trinajstić information content (AvgIpc) is 2.88. The SMILES string of the molecule is COc1[nH]c(=O)n(-c2ccccc2)c(=O)c1/C=C/C(C)=C/C=C1/C(=O)NC(=O)N(c2ccccc2)C1=O. The zero-order valence-corrected chi connectivity index (χ0v) is 19.9. The smallest absolute Gasteiger partial charge is 0.335 e. The number of anilines is 1. The number of nitrogens with zero attached hydrogens (tertiary/aromatic N) is 2. The van der Waals surface area contributed by atoms with Gasteiger partial charge >= 0.3 is 11.7 Å². The molecule has 0 aliphatic carbocycles. The Morgan fingerprint density at radius 3 is 2.14 bits per heavy atom. The van der Waals surface area contributed by atoms with E-state index in [0.29, 0.717) is 16.9 Å². The fraction of sp³-hybridized carbons (Fsp3) is 0.0741. The molecule has 3 aromatic rings. The van der Waals surface area contributed by atoms with E-state index in [0.717, 1.165) is 9.47 Å². The summed E-state index contributed by atoms with van der Waals surface area (Å²) in [6.07, 6.45) is 5.82. The number of H-pyrrole nitrogens is 1. The van der Waals surface area contributed by atoms with Crippen LogP contribution in [0.25, 0.3) is 11.8 Å². The van der Waals surface area contributed by atoms with Crippen LogP contribution in [-0.4, -0.2) is 34.5 Å². The Morgan fingerprint density at radius 1 is 0.892 bits per heavy atom. The number of hydrogen-bond donors (Lipinski definition) is 2. The molecule has 2 N–H and O–H groups in total. The molecule has 4 amide bonds. The van der Waals surface area contributed by atoms with Crippen molar-refractivity contribution in [3.63, 3.8) is 0 Å². The second kappa shape index (κ2) is 10.6. The number of benzene rings is 2. The van der Waals surface area contributed by atoms with Crippen molar-refractivity contribution in [1.29, 1.82) is 0 Å². The highest BCUT2D eigenvalue weighted by molar-refractivity contribution is 6.37. The molecule has 37 heavy (non-hydrogen) atoms. The Labute approximate surface area is 210 Å². The number of rotatable bonds is 6. The first-order chi connectivity index (χ1) is 17.8. The summed E-state index contributed by atoms with van der Waals surface area (Å²) in [5.41, 5.74) is -0.0982. The quantitative estimate of drug-likeness (QED) is 0.305. The van der Waals surface area contributed by atoms with Crippen molar-refractivity contribution in [2.75, 3.05) is 12.0 Å². The van der Waals surface area contributed by atoms with Gasteiger partial charge < -0.3 is 4.74 Å². The topological polar surface area (TPSA) is 131 Å². The van der Waals surface area contributed by atoms with Gasteiger partial charge in [0.25, 0.3) is 17.4 Å². The van der Waals surface area contributed by atoms with Crippen LogP contribution in [0.2, 0.25) is 0 Å². The lowest BCUT2D eigenvalue weighted by Crippen LogP contribution is -2.54. The van der Waals surface area contributed by atoms with E-state index >= 15 is 0 Å². The number of amides is 4. The van der Waals surface area contributed by atoms with Crippen molar-refractivity contribution in [3.8, 4) is 11.6 Å². The van der Waals surface area contributed by atoms with Crippen LogP contribution < -0.4 is 26.2 Å². The number of carbonyl (C=O) groups is 3. The number of para-hydroxylation sites is 2. The standard InChI is InChI=1S/C27H22N4O6/c1-17(13-15-20-22(32)28-26(35)30(24(20)33)18-9-5-3-6-10-18)14-16-21-23(37-2)29-27(36)31(25(21)34)19-11-7-4-8-12-19/h3-16H,1-2H3,(H,29,36)(H,28,32,35)/b16-14+,17-13+,20-15-. The molecule has 1 aliphatic rings. The van der Waals surface area contributed by atoms with Crippen molar-refractivity contribution in [3.05, 3.63) is 116 Å². The summed E-state index contributed by atoms with van der Waals surface area (Å²) in [6, 6.07) is 15.8. The Morgan fingerprint density at radius 2 is 1.51 bits per heavy atom. The van der Waals surface area contributed by atoms with Crippen LogP contribution in [0.15, 0.2) is 99.6 Å². The molecule has 0 saturated carbocycles. The number of aromatic nitrogens is 2. The molecule has 0 atom stereocenters. The van der Waals surface area contributed by atoms with Gasteiger partial charge in [0.15, 0.2) is 0 Å². The van der Waals surface area contributed by atoms with E-state index in [1.54, 1.807) is 73.7 Å². The zero-order valence-electron chi connectivity index (χ0n) is 19.9. The zero-order chi connectivity index (χ0) is 26.5. The van der Waals surface area contributed by atoms with Crippen molar-refractivity contribution < 1.29 is 19.1 Å². The fourth-order valence-electron chi connectivity index (χ4n) is 3.62. The predicted octanol–water partition coefficient (Wildman–Crippen LogP) is 2.70. The van der Waals surface area contributed by atoms with E-state index in [4.69, 9.17) is 4.74 Å². The maximum atomic E-state index is 13.1. The summed E-state index contributed by atoms with van der Waals surface area (Å²) in [6.45, 7) is 1.69. The number of aromatic amines is 1. The fourth-order valence-corrected chi connectivity index (χ4v) is 3.62. The number of ether oxygens (including phenoxy) is 1. The lowest BCUT2D eigenvalue weighted by Gasteiger charge is -2.26. The molecule has 2 aromatic carbocycles. The average molecular weight is 498 g/mol. The number of imide groups is 2. The summed E-state index contributed by atoms with van der Waals surface area (Å²) >= 11 is 0. The molecular weight excluding hydrogens is 476 g/mol. The molecule has 1 fully saturated rings. The normalized spacial score (nSPS) is 15.4. The third-order valence-electron chi connectivity index (χ3n) is 5.46. The van der Waals surface area contributed by atoms with Gasteiger partial charge in [0.2, 0.25) is 5.88 Å². The van der Waals surface area contributed by atoms with E-state index in [9.17, 15) is 24.0 Å². The molecule has 1 aromatic heterocycles. The minimum Gasteiger partial charge on any atom is -0.482 e. The molecule has 10 nitrogen and oxygen atoms in total. The Balaban J connectivity index is 1.66. The van der Waals surface area contributed by atoms with Crippen LogP contribution in [0.5, 0.6) is 5.88 Å². The second-order valence-electron chi connectivity index (χ2n) is 7.91. The lowest BCUT2D eigenvalue weighted by atomic mass is 10.1. The van der Waals surface area contributed by atoms with Crippen molar-refractivity contribution in [1.82, 2.24) is 14.9 Å². The molecular formula is C27H22N4O6. The molecule has 0 spiro atoms. The van der Waals surface area contributed by atoms with Crippen LogP contribution >= 0.6 is 0 Å². The minimum absolute atomic E-state index is 0.0107. The summed E-state index contributed by atoms with van der Waals surface area (Å²) < 4.78 is 6.18. The van der Waals surface area contributed by atoms with Gasteiger partial charge in [0.05, 0.1) is 18.5 Å². The van der Waals surface area contributed by atoms with Crippen LogP contribution in [0.3, 0.4) is 0 Å². The van der Waals surface area contributed by atoms with Crippen molar-refractivity contribution in [2.24, 2.45) is 0 Å². The lowest BCUT2D eigenvalue weighted by molar-refractivity contribution is -0.122. The van der Waals surface area contributed by atoms with Crippen molar-refractivity contribution in [2.45, 2.75) is 6.92 Å². The van der Waals surface area contributed by atoms with E-state index < -0.39 is 29.1 Å². The van der Waals surface area contributed by atoms with E-state index in [1.165, 1.54) is 25.3 Å². The number of hydrogen-bond acceptors (Lipinski definition) is 6. The van der Waals surface area contributed by atoms with Gasteiger partial charge in [0.1, 0.15) is 11.1 Å². The molecule has 4 rings (SSSR count). The van der Waals surface area contributed by atoms with E-state index in [2.05, 4.69) is 10.3 Å². The Hall–Kier alpha value is -5.25. The van der Waals surface area contributed by atoms with Gasteiger partial charge in [0, 0.05) is 0 Å². The predicted molar refractivity (Wildman–Crippen MR) is 138 cm³/mol. The van der Waals surface area contributed by atoms with Crippen molar-refractivity contribution >= 4 is 29.6 Å². The summed E-state index contributed by atoms with van der Waals surface area (Å²) in [4.78, 5) is 66.5. The molecule has 10 heteroatoms. The highest BCUT2D eigenvalue weighted by Gasteiger charge is 2.36. The van der Waals surface area contributed by atoms with Gasteiger partial charge in [-0.15, -0.1) is 0 Å². The first kappa shape index (κ1) is 24.9. The molecule has 186 valence electrons. The molecule has 2 heterocycles. The number of barbiturate groups is 1. The maximum absolute atomic E-state index is 13.1. The van der Waals surface area contributed by atoms with Gasteiger partial charge in [-0.1, -0.05) is 54.1 Å². The number of urea groups is 1. The summed E-state index contributed by atoms with van der Waals surface area (Å²) in [5, 5.41) is 2.16. The number of methoxy groups -OCH3 is 1. The highest BCUT2D eigenvalue weighted by atomic mass is 16.5. The number of nitrogens with one attached hydrogen (secondary N) is 2. The Bertz CT molecular complexity index is 1580. The number of carbonyl (C=O) groups excluding carboxylic acids is 3. The molecule has 1 saturated heterocycles. The monoisotopic (exact) mass is 498 g/mol. The molecule has 1 aliphatic heterocycles. The maximum Gasteiger partial charge on any atom is 0.335 e. The molecule has 0 bridgehead atoms. The third kappa shape index (κ3) is 5.08. The largest absolute Gasteiger partial charge is 0.482 e. The van der Waals surface area contributed by atoms with Crippen LogP contribution in [-0.2, 0) is 9.59 Å². The molecule has 0 radical (unpaired) electrons. The molecule has 0 unspecified atom stereocenters. The number of allylic oxidation sites excluding steroid dienone is 4. The van der Waals surface area contributed by atoms with Gasteiger partial charge in [-0.05, 0) is 43.3 Å². The van der Waals surface area contributed by atoms with Gasteiger partial charge in [-0.2, -0.15) is 0 Å². The van der Waals surface area contributed by atoms with Crippen LogP contribution in [0, 0.1) is 0 Å². The minimum atomic E-state index is -0.834. The highest BCUT2D eigenvalue weighted by Crippen LogP contribution is 2.20. The summed E-state index contributed by atoms with van der Waals surface area (Å²) in [5.74, 6) is -1.59. The third-order valence-corrected chi connectivity index (χ3v) is 5.46. The first-order valence-electron chi connectivity index (χ1n) is 11.1. The van der Waals surface area contributed by atoms with E-state index in [-0.39, 0.29) is 17.0 Å². The van der Waals surface area contributed by atoms with E-state index in [1.807, 2.05) is 0 Å². The summed E-state index contributed by atoms with van der Waals surface area (Å²) in [7, 11) is 1.33. The van der Waals surface area contributed by atoms with Gasteiger partial charge in [-0.3, -0.25) is 24.7 Å². The van der Waals surface area contributed by atoms with Crippen LogP contribution in [0.1, 0.15) is 12.5 Å². The first-order valence-corrected chi connectivity index (χ1v) is 11.1. The second-order valence-corrected chi connectivity index (χ2v) is 7.91. The Kier molecular flexibility index (Phi) is 7.10. The van der Waals surface area contributed by atoms with Gasteiger partial charge in [-0.25, -0.2) is 19.1 Å².